The number of amides is 1. The first-order chi connectivity index (χ1) is 9.98. The lowest BCUT2D eigenvalue weighted by molar-refractivity contribution is 0.127. The van der Waals surface area contributed by atoms with Gasteiger partial charge in [0.2, 0.25) is 0 Å². The van der Waals surface area contributed by atoms with E-state index in [1.165, 1.54) is 4.90 Å². The van der Waals surface area contributed by atoms with Crippen LogP contribution in [0, 0.1) is 0 Å². The van der Waals surface area contributed by atoms with Gasteiger partial charge < -0.3 is 5.11 Å². The fourth-order valence-electron chi connectivity index (χ4n) is 3.39. The zero-order chi connectivity index (χ0) is 15.2. The van der Waals surface area contributed by atoms with Crippen LogP contribution in [0.3, 0.4) is 0 Å². The molecule has 0 aromatic heterocycles. The minimum absolute atomic E-state index is 0.502. The highest BCUT2D eigenvalue weighted by molar-refractivity contribution is 5.94. The van der Waals surface area contributed by atoms with E-state index in [1.807, 2.05) is 39.0 Å². The fourth-order valence-corrected chi connectivity index (χ4v) is 3.39. The Labute approximate surface area is 124 Å². The number of rotatable bonds is 0. The third kappa shape index (κ3) is 1.84. The van der Waals surface area contributed by atoms with Crippen molar-refractivity contribution in [3.05, 3.63) is 64.8 Å². The lowest BCUT2D eigenvalue weighted by atomic mass is 9.73. The van der Waals surface area contributed by atoms with Gasteiger partial charge in [-0.25, -0.2) is 4.79 Å². The van der Waals surface area contributed by atoms with E-state index < -0.39 is 11.6 Å². The molecule has 0 fully saturated rings. The third-order valence-electron chi connectivity index (χ3n) is 4.33. The SMILES string of the molecule is C/C=C1\C=C/Cc2ccccc2C2=C1C(C)(C)N2C(=O)O. The summed E-state index contributed by atoms with van der Waals surface area (Å²) in [6, 6.07) is 8.05. The maximum Gasteiger partial charge on any atom is 0.412 e. The van der Waals surface area contributed by atoms with Crippen LogP contribution < -0.4 is 0 Å². The van der Waals surface area contributed by atoms with Gasteiger partial charge in [-0.1, -0.05) is 42.5 Å². The predicted octanol–water partition coefficient (Wildman–Crippen LogP) is 4.23. The Hall–Kier alpha value is -2.29. The predicted molar refractivity (Wildman–Crippen MR) is 83.9 cm³/mol. The van der Waals surface area contributed by atoms with Crippen molar-refractivity contribution in [2.24, 2.45) is 0 Å². The van der Waals surface area contributed by atoms with Crippen molar-refractivity contribution in [2.75, 3.05) is 0 Å². The zero-order valence-electron chi connectivity index (χ0n) is 12.6. The molecule has 3 heteroatoms. The second-order valence-corrected chi connectivity index (χ2v) is 5.91. The molecule has 1 N–H and O–H groups in total. The first-order valence-electron chi connectivity index (χ1n) is 7.18. The highest BCUT2D eigenvalue weighted by Gasteiger charge is 2.50. The number of carboxylic acid groups (broad SMARTS) is 1. The molecule has 1 aliphatic heterocycles. The van der Waals surface area contributed by atoms with Crippen molar-refractivity contribution in [1.82, 2.24) is 4.90 Å². The molecule has 3 nitrogen and oxygen atoms in total. The molecule has 3 rings (SSSR count). The molecule has 0 saturated carbocycles. The van der Waals surface area contributed by atoms with E-state index in [0.29, 0.717) is 0 Å². The molecule has 0 unspecified atom stereocenters. The second-order valence-electron chi connectivity index (χ2n) is 5.91. The van der Waals surface area contributed by atoms with Gasteiger partial charge in [-0.15, -0.1) is 0 Å². The quantitative estimate of drug-likeness (QED) is 0.773. The van der Waals surface area contributed by atoms with Crippen molar-refractivity contribution in [2.45, 2.75) is 32.7 Å². The van der Waals surface area contributed by atoms with Crippen LogP contribution >= 0.6 is 0 Å². The van der Waals surface area contributed by atoms with Crippen LogP contribution in [0.1, 0.15) is 31.9 Å². The summed E-state index contributed by atoms with van der Waals surface area (Å²) in [4.78, 5) is 13.2. The van der Waals surface area contributed by atoms with E-state index in [0.717, 1.165) is 34.4 Å². The summed E-state index contributed by atoms with van der Waals surface area (Å²) >= 11 is 0. The molecule has 1 aliphatic carbocycles. The number of benzene rings is 1. The van der Waals surface area contributed by atoms with Crippen LogP contribution in [0.2, 0.25) is 0 Å². The van der Waals surface area contributed by atoms with Crippen LogP contribution in [0.4, 0.5) is 4.79 Å². The van der Waals surface area contributed by atoms with E-state index in [4.69, 9.17) is 0 Å². The van der Waals surface area contributed by atoms with Crippen molar-refractivity contribution in [3.63, 3.8) is 0 Å². The van der Waals surface area contributed by atoms with Gasteiger partial charge in [0.25, 0.3) is 0 Å². The van der Waals surface area contributed by atoms with Gasteiger partial charge in [-0.05, 0) is 38.3 Å². The van der Waals surface area contributed by atoms with Crippen LogP contribution in [0.25, 0.3) is 5.70 Å². The highest BCUT2D eigenvalue weighted by Crippen LogP contribution is 2.50. The van der Waals surface area contributed by atoms with Crippen LogP contribution in [0.5, 0.6) is 0 Å². The molecule has 0 saturated heterocycles. The lowest BCUT2D eigenvalue weighted by Crippen LogP contribution is -2.56. The Bertz CT molecular complexity index is 708. The first-order valence-corrected chi connectivity index (χ1v) is 7.18. The van der Waals surface area contributed by atoms with Gasteiger partial charge >= 0.3 is 6.09 Å². The first kappa shape index (κ1) is 13.7. The largest absolute Gasteiger partial charge is 0.465 e. The molecule has 21 heavy (non-hydrogen) atoms. The summed E-state index contributed by atoms with van der Waals surface area (Å²) in [6.45, 7) is 5.92. The topological polar surface area (TPSA) is 40.5 Å². The van der Waals surface area contributed by atoms with E-state index in [1.54, 1.807) is 0 Å². The smallest absolute Gasteiger partial charge is 0.412 e. The third-order valence-corrected chi connectivity index (χ3v) is 4.33. The normalized spacial score (nSPS) is 22.8. The standard InChI is InChI=1S/C18H19NO2/c1-4-12-9-7-10-13-8-5-6-11-14(13)16-15(12)18(2,3)19(16)17(20)21/h4-9,11H,10H2,1-3H3,(H,20,21)/b9-7-,12-4+. The van der Waals surface area contributed by atoms with Gasteiger partial charge in [0, 0.05) is 11.1 Å². The maximum absolute atomic E-state index is 11.7. The molecule has 1 heterocycles. The minimum Gasteiger partial charge on any atom is -0.465 e. The molecule has 2 aliphatic rings. The summed E-state index contributed by atoms with van der Waals surface area (Å²) in [7, 11) is 0. The Morgan fingerprint density at radius 2 is 2.05 bits per heavy atom. The number of nitrogens with zero attached hydrogens (tertiary/aromatic N) is 1. The van der Waals surface area contributed by atoms with E-state index in [9.17, 15) is 9.90 Å². The zero-order valence-corrected chi connectivity index (χ0v) is 12.6. The van der Waals surface area contributed by atoms with Crippen LogP contribution in [-0.2, 0) is 6.42 Å². The Balaban J connectivity index is 2.33. The number of hydrogen-bond acceptors (Lipinski definition) is 1. The molecule has 1 aromatic rings. The lowest BCUT2D eigenvalue weighted by Gasteiger charge is -2.51. The van der Waals surface area contributed by atoms with Crippen molar-refractivity contribution < 1.29 is 9.90 Å². The Morgan fingerprint density at radius 3 is 2.71 bits per heavy atom. The molecule has 0 atom stereocenters. The van der Waals surface area contributed by atoms with E-state index in [-0.39, 0.29) is 0 Å². The molecule has 0 spiro atoms. The molecule has 0 radical (unpaired) electrons. The molecule has 1 amide bonds. The number of hydrogen-bond donors (Lipinski definition) is 1. The minimum atomic E-state index is -0.895. The van der Waals surface area contributed by atoms with Gasteiger partial charge in [0.05, 0.1) is 11.2 Å². The highest BCUT2D eigenvalue weighted by atomic mass is 16.4. The van der Waals surface area contributed by atoms with Crippen LogP contribution in [0.15, 0.2) is 53.6 Å². The molecule has 1 aromatic carbocycles. The summed E-state index contributed by atoms with van der Waals surface area (Å²) < 4.78 is 0. The fraction of sp³-hybridized carbons (Fsp3) is 0.278. The Morgan fingerprint density at radius 1 is 1.33 bits per heavy atom. The average Bonchev–Trinajstić information content (AvgIpc) is 2.41. The molecule has 108 valence electrons. The molecular weight excluding hydrogens is 262 g/mol. The molecule has 0 bridgehead atoms. The number of allylic oxidation sites excluding steroid dienone is 3. The summed E-state index contributed by atoms with van der Waals surface area (Å²) in [6.07, 6.45) is 6.23. The average molecular weight is 281 g/mol. The van der Waals surface area contributed by atoms with Gasteiger partial charge in [-0.3, -0.25) is 4.90 Å². The Kier molecular flexibility index (Phi) is 3.01. The molecular formula is C18H19NO2. The number of carbonyl (C=O) groups is 1. The number of fused-ring (bicyclic) bond motifs is 2. The van der Waals surface area contributed by atoms with Crippen molar-refractivity contribution in [1.29, 1.82) is 0 Å². The summed E-state index contributed by atoms with van der Waals surface area (Å²) in [5.41, 5.74) is 4.74. The summed E-state index contributed by atoms with van der Waals surface area (Å²) in [5.74, 6) is 0. The van der Waals surface area contributed by atoms with Gasteiger partial charge in [-0.2, -0.15) is 0 Å². The monoisotopic (exact) mass is 281 g/mol. The van der Waals surface area contributed by atoms with E-state index >= 15 is 0 Å². The summed E-state index contributed by atoms with van der Waals surface area (Å²) in [5, 5.41) is 9.61. The maximum atomic E-state index is 11.7. The van der Waals surface area contributed by atoms with Crippen LogP contribution in [-0.4, -0.2) is 21.6 Å². The van der Waals surface area contributed by atoms with Gasteiger partial charge in [0.1, 0.15) is 0 Å². The van der Waals surface area contributed by atoms with Crippen molar-refractivity contribution >= 4 is 11.8 Å². The second kappa shape index (κ2) is 4.62. The van der Waals surface area contributed by atoms with Crippen molar-refractivity contribution in [3.8, 4) is 0 Å². The van der Waals surface area contributed by atoms with Gasteiger partial charge in [0.15, 0.2) is 0 Å². The van der Waals surface area contributed by atoms with E-state index in [2.05, 4.69) is 24.3 Å².